The van der Waals surface area contributed by atoms with Crippen molar-refractivity contribution in [2.24, 2.45) is 0 Å². The van der Waals surface area contributed by atoms with Gasteiger partial charge in [-0.05, 0) is 31.0 Å². The van der Waals surface area contributed by atoms with Crippen molar-refractivity contribution in [3.63, 3.8) is 0 Å². The monoisotopic (exact) mass is 350 g/mol. The van der Waals surface area contributed by atoms with E-state index in [-0.39, 0.29) is 31.1 Å². The summed E-state index contributed by atoms with van der Waals surface area (Å²) in [6.45, 7) is 2.56. The van der Waals surface area contributed by atoms with Gasteiger partial charge < -0.3 is 4.90 Å². The van der Waals surface area contributed by atoms with Crippen LogP contribution in [0.15, 0.2) is 23.1 Å². The van der Waals surface area contributed by atoms with E-state index in [4.69, 9.17) is 0 Å². The van der Waals surface area contributed by atoms with Crippen molar-refractivity contribution >= 4 is 15.9 Å². The molecule has 0 bridgehead atoms. The molecule has 1 amide bonds. The molecule has 9 heteroatoms. The second kappa shape index (κ2) is 6.12. The molecule has 0 aromatic heterocycles. The average Bonchev–Trinajstić information content (AvgIpc) is 2.48. The van der Waals surface area contributed by atoms with Crippen LogP contribution in [-0.4, -0.2) is 55.9 Å². The highest BCUT2D eigenvalue weighted by atomic mass is 32.2. The maximum Gasteiger partial charge on any atom is 0.471 e. The standard InChI is InChI=1S/C14H17F3N2O3S/c1-10-3-4-11(2)12(9-10)23(21,22)19-7-5-18(6-8-19)13(20)14(15,16)17/h3-4,9H,5-8H2,1-2H3. The third-order valence-corrected chi connectivity index (χ3v) is 5.77. The van der Waals surface area contributed by atoms with Gasteiger partial charge in [0.25, 0.3) is 0 Å². The molecular formula is C14H17F3N2O3S. The molecule has 23 heavy (non-hydrogen) atoms. The second-order valence-corrected chi connectivity index (χ2v) is 7.37. The molecule has 0 atom stereocenters. The summed E-state index contributed by atoms with van der Waals surface area (Å²) in [5.74, 6) is -1.93. The van der Waals surface area contributed by atoms with Gasteiger partial charge in [0.1, 0.15) is 0 Å². The normalized spacial score (nSPS) is 17.3. The van der Waals surface area contributed by atoms with Gasteiger partial charge >= 0.3 is 12.1 Å². The number of piperazine rings is 1. The Morgan fingerprint density at radius 1 is 1.09 bits per heavy atom. The molecule has 0 unspecified atom stereocenters. The van der Waals surface area contributed by atoms with Crippen molar-refractivity contribution in [1.82, 2.24) is 9.21 Å². The van der Waals surface area contributed by atoms with Crippen LogP contribution < -0.4 is 0 Å². The highest BCUT2D eigenvalue weighted by Gasteiger charge is 2.44. The first-order chi connectivity index (χ1) is 10.5. The Balaban J connectivity index is 2.16. The second-order valence-electron chi connectivity index (χ2n) is 5.46. The van der Waals surface area contributed by atoms with E-state index >= 15 is 0 Å². The van der Waals surface area contributed by atoms with Gasteiger partial charge in [-0.1, -0.05) is 12.1 Å². The van der Waals surface area contributed by atoms with Crippen LogP contribution in [0.3, 0.4) is 0 Å². The Kier molecular flexibility index (Phi) is 4.72. The van der Waals surface area contributed by atoms with E-state index in [1.165, 1.54) is 6.07 Å². The van der Waals surface area contributed by atoms with Gasteiger partial charge in [-0.2, -0.15) is 17.5 Å². The Morgan fingerprint density at radius 2 is 1.65 bits per heavy atom. The Hall–Kier alpha value is -1.61. The van der Waals surface area contributed by atoms with Crippen LogP contribution in [0.1, 0.15) is 11.1 Å². The maximum absolute atomic E-state index is 12.6. The third kappa shape index (κ3) is 3.66. The minimum atomic E-state index is -4.94. The fraction of sp³-hybridized carbons (Fsp3) is 0.500. The molecule has 0 aliphatic carbocycles. The fourth-order valence-corrected chi connectivity index (χ4v) is 4.17. The van der Waals surface area contributed by atoms with E-state index in [0.717, 1.165) is 9.87 Å². The Bertz CT molecular complexity index is 708. The number of benzene rings is 1. The number of nitrogens with zero attached hydrogens (tertiary/aromatic N) is 2. The first-order valence-electron chi connectivity index (χ1n) is 6.97. The average molecular weight is 350 g/mol. The lowest BCUT2D eigenvalue weighted by molar-refractivity contribution is -0.186. The fourth-order valence-electron chi connectivity index (χ4n) is 2.44. The van der Waals surface area contributed by atoms with E-state index in [1.807, 2.05) is 0 Å². The summed E-state index contributed by atoms with van der Waals surface area (Å²) in [4.78, 5) is 12.0. The molecule has 1 aliphatic heterocycles. The van der Waals surface area contributed by atoms with E-state index in [9.17, 15) is 26.4 Å². The summed E-state index contributed by atoms with van der Waals surface area (Å²) in [6, 6.07) is 5.01. The minimum Gasteiger partial charge on any atom is -0.332 e. The van der Waals surface area contributed by atoms with Gasteiger partial charge in [-0.3, -0.25) is 4.79 Å². The first-order valence-corrected chi connectivity index (χ1v) is 8.41. The molecule has 128 valence electrons. The molecular weight excluding hydrogens is 333 g/mol. The topological polar surface area (TPSA) is 57.7 Å². The summed E-state index contributed by atoms with van der Waals surface area (Å²) in [6.07, 6.45) is -4.94. The third-order valence-electron chi connectivity index (χ3n) is 3.73. The number of amides is 1. The van der Waals surface area contributed by atoms with Gasteiger partial charge in [0.15, 0.2) is 0 Å². The van der Waals surface area contributed by atoms with Crippen molar-refractivity contribution in [1.29, 1.82) is 0 Å². The molecule has 0 saturated carbocycles. The van der Waals surface area contributed by atoms with Crippen molar-refractivity contribution in [2.45, 2.75) is 24.9 Å². The summed E-state index contributed by atoms with van der Waals surface area (Å²) in [7, 11) is -3.79. The van der Waals surface area contributed by atoms with Crippen LogP contribution in [-0.2, 0) is 14.8 Å². The number of halogens is 3. The smallest absolute Gasteiger partial charge is 0.332 e. The quantitative estimate of drug-likeness (QED) is 0.816. The maximum atomic E-state index is 12.6. The van der Waals surface area contributed by atoms with Crippen molar-refractivity contribution in [2.75, 3.05) is 26.2 Å². The van der Waals surface area contributed by atoms with Crippen LogP contribution in [0, 0.1) is 13.8 Å². The SMILES string of the molecule is Cc1ccc(C)c(S(=O)(=O)N2CCN(C(=O)C(F)(F)F)CC2)c1. The van der Waals surface area contributed by atoms with Crippen LogP contribution >= 0.6 is 0 Å². The molecule has 1 aromatic carbocycles. The number of aryl methyl sites for hydroxylation is 2. The predicted molar refractivity (Wildman–Crippen MR) is 77.3 cm³/mol. The lowest BCUT2D eigenvalue weighted by Crippen LogP contribution is -2.53. The molecule has 5 nitrogen and oxygen atoms in total. The molecule has 1 heterocycles. The lowest BCUT2D eigenvalue weighted by Gasteiger charge is -2.34. The van der Waals surface area contributed by atoms with Gasteiger partial charge in [0.05, 0.1) is 4.90 Å². The summed E-state index contributed by atoms with van der Waals surface area (Å²) in [5.41, 5.74) is 1.35. The number of hydrogen-bond acceptors (Lipinski definition) is 3. The van der Waals surface area contributed by atoms with Crippen molar-refractivity contribution in [3.8, 4) is 0 Å². The summed E-state index contributed by atoms with van der Waals surface area (Å²) in [5, 5.41) is 0. The van der Waals surface area contributed by atoms with E-state index in [1.54, 1.807) is 26.0 Å². The molecule has 0 spiro atoms. The minimum absolute atomic E-state index is 0.146. The van der Waals surface area contributed by atoms with Gasteiger partial charge in [-0.25, -0.2) is 8.42 Å². The molecule has 0 radical (unpaired) electrons. The van der Waals surface area contributed by atoms with Crippen LogP contribution in [0.5, 0.6) is 0 Å². The Morgan fingerprint density at radius 3 is 2.17 bits per heavy atom. The van der Waals surface area contributed by atoms with E-state index in [0.29, 0.717) is 10.5 Å². The zero-order valence-corrected chi connectivity index (χ0v) is 13.5. The molecule has 2 rings (SSSR count). The Labute approximate surface area is 132 Å². The van der Waals surface area contributed by atoms with Gasteiger partial charge in [-0.15, -0.1) is 0 Å². The summed E-state index contributed by atoms with van der Waals surface area (Å²) < 4.78 is 63.6. The number of hydrogen-bond donors (Lipinski definition) is 0. The molecule has 1 aliphatic rings. The largest absolute Gasteiger partial charge is 0.471 e. The van der Waals surface area contributed by atoms with Crippen molar-refractivity contribution < 1.29 is 26.4 Å². The molecule has 1 fully saturated rings. The molecule has 1 saturated heterocycles. The van der Waals surface area contributed by atoms with E-state index < -0.39 is 22.1 Å². The first kappa shape index (κ1) is 17.7. The number of alkyl halides is 3. The number of sulfonamides is 1. The predicted octanol–water partition coefficient (Wildman–Crippen LogP) is 1.70. The molecule has 1 aromatic rings. The number of carbonyl (C=O) groups is 1. The van der Waals surface area contributed by atoms with Crippen molar-refractivity contribution in [3.05, 3.63) is 29.3 Å². The highest BCUT2D eigenvalue weighted by molar-refractivity contribution is 7.89. The van der Waals surface area contributed by atoms with Crippen LogP contribution in [0.4, 0.5) is 13.2 Å². The zero-order valence-electron chi connectivity index (χ0n) is 12.7. The zero-order chi connectivity index (χ0) is 17.4. The number of carbonyl (C=O) groups excluding carboxylic acids is 1. The highest BCUT2D eigenvalue weighted by Crippen LogP contribution is 2.24. The van der Waals surface area contributed by atoms with Gasteiger partial charge in [0.2, 0.25) is 10.0 Å². The van der Waals surface area contributed by atoms with Crippen LogP contribution in [0.25, 0.3) is 0 Å². The lowest BCUT2D eigenvalue weighted by atomic mass is 10.2. The number of rotatable bonds is 2. The van der Waals surface area contributed by atoms with Crippen LogP contribution in [0.2, 0.25) is 0 Å². The molecule has 0 N–H and O–H groups in total. The summed E-state index contributed by atoms with van der Waals surface area (Å²) >= 11 is 0. The van der Waals surface area contributed by atoms with Gasteiger partial charge in [0, 0.05) is 26.2 Å². The van der Waals surface area contributed by atoms with E-state index in [2.05, 4.69) is 0 Å².